The van der Waals surface area contributed by atoms with Crippen LogP contribution >= 0.6 is 23.2 Å². The molecule has 138 valence electrons. The number of amides is 2. The van der Waals surface area contributed by atoms with E-state index in [1.807, 2.05) is 0 Å². The van der Waals surface area contributed by atoms with E-state index in [0.29, 0.717) is 15.6 Å². The Hall–Kier alpha value is -2.25. The molecule has 0 unspecified atom stereocenters. The van der Waals surface area contributed by atoms with Crippen molar-refractivity contribution in [3.05, 3.63) is 63.6 Å². The van der Waals surface area contributed by atoms with Gasteiger partial charge < -0.3 is 10.6 Å². The van der Waals surface area contributed by atoms with Gasteiger partial charge in [0.2, 0.25) is 5.91 Å². The maximum Gasteiger partial charge on any atom is 0.405 e. The number of carbonyl (C=O) groups excluding carboxylic acids is 2. The molecule has 2 amide bonds. The Kier molecular flexibility index (Phi) is 6.50. The zero-order chi connectivity index (χ0) is 19.3. The molecule has 0 aromatic heterocycles. The standard InChI is InChI=1S/C17H13Cl2F3N2O2/c18-12-5-3-6-13(19)11(12)8-15(25)24-14-7-2-1-4-10(14)16(26)23-9-17(20,21)22/h1-7H,8-9H2,(H,23,26)(H,24,25). The minimum atomic E-state index is -4.53. The van der Waals surface area contributed by atoms with E-state index in [9.17, 15) is 22.8 Å². The van der Waals surface area contributed by atoms with Crippen LogP contribution < -0.4 is 10.6 Å². The number of rotatable bonds is 5. The summed E-state index contributed by atoms with van der Waals surface area (Å²) >= 11 is 12.0. The topological polar surface area (TPSA) is 58.2 Å². The van der Waals surface area contributed by atoms with Crippen molar-refractivity contribution in [1.82, 2.24) is 5.32 Å². The minimum Gasteiger partial charge on any atom is -0.343 e. The third-order valence-corrected chi connectivity index (χ3v) is 4.00. The molecule has 0 atom stereocenters. The molecule has 0 spiro atoms. The zero-order valence-corrected chi connectivity index (χ0v) is 14.7. The SMILES string of the molecule is O=C(Cc1c(Cl)cccc1Cl)Nc1ccccc1C(=O)NCC(F)(F)F. The van der Waals surface area contributed by atoms with Crippen LogP contribution in [0.2, 0.25) is 10.0 Å². The number of nitrogens with one attached hydrogen (secondary N) is 2. The molecule has 0 bridgehead atoms. The van der Waals surface area contributed by atoms with Crippen molar-refractivity contribution in [3.63, 3.8) is 0 Å². The van der Waals surface area contributed by atoms with Gasteiger partial charge in [0, 0.05) is 10.0 Å². The maximum atomic E-state index is 12.3. The van der Waals surface area contributed by atoms with Crippen molar-refractivity contribution in [2.24, 2.45) is 0 Å². The maximum absolute atomic E-state index is 12.3. The summed E-state index contributed by atoms with van der Waals surface area (Å²) in [7, 11) is 0. The molecular weight excluding hydrogens is 392 g/mol. The van der Waals surface area contributed by atoms with Crippen molar-refractivity contribution in [1.29, 1.82) is 0 Å². The van der Waals surface area contributed by atoms with Gasteiger partial charge in [-0.2, -0.15) is 13.2 Å². The third-order valence-electron chi connectivity index (χ3n) is 3.29. The number of hydrogen-bond donors (Lipinski definition) is 2. The average molecular weight is 405 g/mol. The number of para-hydroxylation sites is 1. The lowest BCUT2D eigenvalue weighted by molar-refractivity contribution is -0.123. The van der Waals surface area contributed by atoms with Crippen molar-refractivity contribution in [2.75, 3.05) is 11.9 Å². The van der Waals surface area contributed by atoms with E-state index in [4.69, 9.17) is 23.2 Å². The zero-order valence-electron chi connectivity index (χ0n) is 13.2. The number of hydrogen-bond acceptors (Lipinski definition) is 2. The lowest BCUT2D eigenvalue weighted by atomic mass is 10.1. The van der Waals surface area contributed by atoms with Crippen LogP contribution in [0.4, 0.5) is 18.9 Å². The van der Waals surface area contributed by atoms with E-state index in [1.54, 1.807) is 29.6 Å². The van der Waals surface area contributed by atoms with E-state index >= 15 is 0 Å². The summed E-state index contributed by atoms with van der Waals surface area (Å²) in [5.41, 5.74) is 0.406. The molecule has 0 heterocycles. The Bertz CT molecular complexity index is 806. The summed E-state index contributed by atoms with van der Waals surface area (Å²) in [4.78, 5) is 24.2. The minimum absolute atomic E-state index is 0.0837. The van der Waals surface area contributed by atoms with Crippen LogP contribution in [0.15, 0.2) is 42.5 Å². The first-order valence-corrected chi connectivity index (χ1v) is 8.09. The molecule has 2 aromatic rings. The predicted molar refractivity (Wildman–Crippen MR) is 93.6 cm³/mol. The molecular formula is C17H13Cl2F3N2O2. The summed E-state index contributed by atoms with van der Waals surface area (Å²) < 4.78 is 36.8. The number of halogens is 5. The number of benzene rings is 2. The van der Waals surface area contributed by atoms with Crippen LogP contribution in [0.1, 0.15) is 15.9 Å². The lowest BCUT2D eigenvalue weighted by Gasteiger charge is -2.13. The van der Waals surface area contributed by atoms with Gasteiger partial charge in [-0.15, -0.1) is 0 Å². The molecule has 0 saturated carbocycles. The van der Waals surface area contributed by atoms with Gasteiger partial charge in [0.1, 0.15) is 6.54 Å². The molecule has 0 aliphatic carbocycles. The van der Waals surface area contributed by atoms with Crippen LogP contribution in [0.25, 0.3) is 0 Å². The highest BCUT2D eigenvalue weighted by Gasteiger charge is 2.28. The van der Waals surface area contributed by atoms with Crippen molar-refractivity contribution < 1.29 is 22.8 Å². The molecule has 9 heteroatoms. The van der Waals surface area contributed by atoms with E-state index in [-0.39, 0.29) is 17.7 Å². The Morgan fingerprint density at radius 3 is 2.19 bits per heavy atom. The first-order chi connectivity index (χ1) is 12.2. The highest BCUT2D eigenvalue weighted by molar-refractivity contribution is 6.36. The molecule has 0 saturated heterocycles. The molecule has 2 rings (SSSR count). The first-order valence-electron chi connectivity index (χ1n) is 7.34. The van der Waals surface area contributed by atoms with Gasteiger partial charge in [0.05, 0.1) is 17.7 Å². The average Bonchev–Trinajstić information content (AvgIpc) is 2.56. The van der Waals surface area contributed by atoms with Gasteiger partial charge >= 0.3 is 6.18 Å². The molecule has 26 heavy (non-hydrogen) atoms. The van der Waals surface area contributed by atoms with Gasteiger partial charge in [0.25, 0.3) is 5.91 Å². The van der Waals surface area contributed by atoms with Gasteiger partial charge in [-0.05, 0) is 29.8 Å². The van der Waals surface area contributed by atoms with Crippen LogP contribution in [0, 0.1) is 0 Å². The van der Waals surface area contributed by atoms with E-state index in [2.05, 4.69) is 5.32 Å². The summed E-state index contributed by atoms with van der Waals surface area (Å²) in [6.45, 7) is -1.47. The number of alkyl halides is 3. The fourth-order valence-corrected chi connectivity index (χ4v) is 2.65. The predicted octanol–water partition coefficient (Wildman–Crippen LogP) is 4.47. The summed E-state index contributed by atoms with van der Waals surface area (Å²) in [6, 6.07) is 10.5. The van der Waals surface area contributed by atoms with E-state index in [0.717, 1.165) is 0 Å². The molecule has 2 aromatic carbocycles. The van der Waals surface area contributed by atoms with Gasteiger partial charge in [-0.25, -0.2) is 0 Å². The van der Waals surface area contributed by atoms with Crippen LogP contribution in [-0.2, 0) is 11.2 Å². The number of anilines is 1. The highest BCUT2D eigenvalue weighted by Crippen LogP contribution is 2.25. The molecule has 0 aliphatic heterocycles. The van der Waals surface area contributed by atoms with Gasteiger partial charge in [-0.3, -0.25) is 9.59 Å². The monoisotopic (exact) mass is 404 g/mol. The molecule has 0 fully saturated rings. The molecule has 2 N–H and O–H groups in total. The number of carbonyl (C=O) groups is 2. The highest BCUT2D eigenvalue weighted by atomic mass is 35.5. The van der Waals surface area contributed by atoms with Crippen molar-refractivity contribution in [2.45, 2.75) is 12.6 Å². The van der Waals surface area contributed by atoms with Gasteiger partial charge in [-0.1, -0.05) is 41.4 Å². The first kappa shape index (κ1) is 20.1. The van der Waals surface area contributed by atoms with Crippen molar-refractivity contribution >= 4 is 40.7 Å². The van der Waals surface area contributed by atoms with E-state index < -0.39 is 24.5 Å². The Morgan fingerprint density at radius 2 is 1.58 bits per heavy atom. The smallest absolute Gasteiger partial charge is 0.343 e. The molecule has 0 aliphatic rings. The fraction of sp³-hybridized carbons (Fsp3) is 0.176. The Labute approximate surface area is 157 Å². The molecule has 4 nitrogen and oxygen atoms in total. The summed E-state index contributed by atoms with van der Waals surface area (Å²) in [6.07, 6.45) is -4.69. The molecule has 0 radical (unpaired) electrons. The van der Waals surface area contributed by atoms with Gasteiger partial charge in [0.15, 0.2) is 0 Å². The second kappa shape index (κ2) is 8.42. The Balaban J connectivity index is 2.12. The van der Waals surface area contributed by atoms with Crippen LogP contribution in [-0.4, -0.2) is 24.5 Å². The summed E-state index contributed by atoms with van der Waals surface area (Å²) in [5.74, 6) is -1.47. The van der Waals surface area contributed by atoms with E-state index in [1.165, 1.54) is 18.2 Å². The second-order valence-electron chi connectivity index (χ2n) is 5.27. The third kappa shape index (κ3) is 5.64. The largest absolute Gasteiger partial charge is 0.405 e. The van der Waals surface area contributed by atoms with Crippen LogP contribution in [0.3, 0.4) is 0 Å². The quantitative estimate of drug-likeness (QED) is 0.772. The second-order valence-corrected chi connectivity index (χ2v) is 6.08. The summed E-state index contributed by atoms with van der Waals surface area (Å²) in [5, 5.41) is 4.87. The fourth-order valence-electron chi connectivity index (χ4n) is 2.12. The lowest BCUT2D eigenvalue weighted by Crippen LogP contribution is -2.34. The van der Waals surface area contributed by atoms with Crippen molar-refractivity contribution in [3.8, 4) is 0 Å². The Morgan fingerprint density at radius 1 is 0.962 bits per heavy atom. The van der Waals surface area contributed by atoms with Crippen LogP contribution in [0.5, 0.6) is 0 Å². The normalized spacial score (nSPS) is 11.1.